The topological polar surface area (TPSA) is 96.5 Å². The highest BCUT2D eigenvalue weighted by molar-refractivity contribution is 7.16. The molecule has 1 amide bonds. The molecule has 0 spiro atoms. The second-order valence-corrected chi connectivity index (χ2v) is 7.06. The monoisotopic (exact) mass is 376 g/mol. The Bertz CT molecular complexity index is 1040. The van der Waals surface area contributed by atoms with Crippen molar-refractivity contribution in [1.82, 2.24) is 25.6 Å². The number of rotatable bonds is 5. The number of tetrazole rings is 1. The lowest BCUT2D eigenvalue weighted by atomic mass is 10.1. The number of hydrogen-bond donors (Lipinski definition) is 2. The summed E-state index contributed by atoms with van der Waals surface area (Å²) in [5.74, 6) is 0.390. The van der Waals surface area contributed by atoms with Crippen molar-refractivity contribution < 1.29 is 4.79 Å². The highest BCUT2D eigenvalue weighted by atomic mass is 32.1. The van der Waals surface area contributed by atoms with Crippen molar-refractivity contribution in [2.75, 3.05) is 5.32 Å². The summed E-state index contributed by atoms with van der Waals surface area (Å²) in [5, 5.41) is 18.5. The first-order chi connectivity index (χ1) is 13.2. The molecule has 0 aliphatic heterocycles. The van der Waals surface area contributed by atoms with E-state index < -0.39 is 0 Å². The van der Waals surface area contributed by atoms with E-state index in [0.29, 0.717) is 22.8 Å². The van der Waals surface area contributed by atoms with E-state index in [-0.39, 0.29) is 5.91 Å². The largest absolute Gasteiger partial charge is 0.312 e. The summed E-state index contributed by atoms with van der Waals surface area (Å²) in [5.41, 5.74) is 3.39. The van der Waals surface area contributed by atoms with Gasteiger partial charge in [-0.1, -0.05) is 53.2 Å². The molecular weight excluding hydrogens is 360 g/mol. The van der Waals surface area contributed by atoms with Crippen LogP contribution in [0.25, 0.3) is 11.3 Å². The molecule has 2 N–H and O–H groups in total. The Morgan fingerprint density at radius 2 is 1.89 bits per heavy atom. The van der Waals surface area contributed by atoms with Crippen molar-refractivity contribution in [3.05, 3.63) is 76.6 Å². The van der Waals surface area contributed by atoms with E-state index in [4.69, 9.17) is 4.98 Å². The van der Waals surface area contributed by atoms with Gasteiger partial charge in [0, 0.05) is 11.1 Å². The Morgan fingerprint density at radius 1 is 1.11 bits per heavy atom. The standard InChI is InChI=1S/C19H16N6OS/c1-12-7-9-14(10-8-12)18(26)21-19-17(13-5-3-2-4-6-13)20-16(27-19)11-15-22-24-25-23-15/h2-10H,11H2,1H3,(H,21,26)(H,22,23,24,25). The number of nitrogens with one attached hydrogen (secondary N) is 2. The van der Waals surface area contributed by atoms with Crippen molar-refractivity contribution in [2.24, 2.45) is 0 Å². The number of benzene rings is 2. The number of aromatic amines is 1. The number of amides is 1. The van der Waals surface area contributed by atoms with Gasteiger partial charge in [-0.15, -0.1) is 21.5 Å². The van der Waals surface area contributed by atoms with Crippen LogP contribution in [0.2, 0.25) is 0 Å². The van der Waals surface area contributed by atoms with E-state index in [2.05, 4.69) is 25.9 Å². The molecule has 0 saturated carbocycles. The van der Waals surface area contributed by atoms with Gasteiger partial charge in [0.2, 0.25) is 0 Å². The molecule has 0 unspecified atom stereocenters. The van der Waals surface area contributed by atoms with Gasteiger partial charge >= 0.3 is 0 Å². The predicted molar refractivity (Wildman–Crippen MR) is 104 cm³/mol. The number of aromatic nitrogens is 5. The third-order valence-corrected chi connectivity index (χ3v) is 4.93. The molecule has 0 atom stereocenters. The Labute approximate surface area is 159 Å². The van der Waals surface area contributed by atoms with E-state index >= 15 is 0 Å². The van der Waals surface area contributed by atoms with Gasteiger partial charge in [-0.2, -0.15) is 5.21 Å². The van der Waals surface area contributed by atoms with E-state index in [1.54, 1.807) is 0 Å². The molecule has 7 nitrogen and oxygen atoms in total. The van der Waals surface area contributed by atoms with Crippen molar-refractivity contribution in [3.8, 4) is 11.3 Å². The average molecular weight is 376 g/mol. The molecule has 2 aromatic carbocycles. The number of aryl methyl sites for hydroxylation is 1. The lowest BCUT2D eigenvalue weighted by molar-refractivity contribution is 0.102. The van der Waals surface area contributed by atoms with Crippen molar-refractivity contribution in [3.63, 3.8) is 0 Å². The maximum Gasteiger partial charge on any atom is 0.256 e. The molecule has 134 valence electrons. The zero-order valence-electron chi connectivity index (χ0n) is 14.5. The number of carbonyl (C=O) groups excluding carboxylic acids is 1. The van der Waals surface area contributed by atoms with E-state index in [1.807, 2.05) is 61.5 Å². The van der Waals surface area contributed by atoms with Crippen LogP contribution in [0.3, 0.4) is 0 Å². The summed E-state index contributed by atoms with van der Waals surface area (Å²) in [6.45, 7) is 1.99. The highest BCUT2D eigenvalue weighted by Crippen LogP contribution is 2.34. The van der Waals surface area contributed by atoms with Crippen LogP contribution >= 0.6 is 11.3 Å². The van der Waals surface area contributed by atoms with Crippen LogP contribution in [0.1, 0.15) is 26.8 Å². The van der Waals surface area contributed by atoms with Gasteiger partial charge in [0.15, 0.2) is 5.82 Å². The number of nitrogens with zero attached hydrogens (tertiary/aromatic N) is 4. The zero-order valence-corrected chi connectivity index (χ0v) is 15.3. The minimum absolute atomic E-state index is 0.165. The molecule has 0 aliphatic rings. The van der Waals surface area contributed by atoms with Crippen LogP contribution < -0.4 is 5.32 Å². The maximum atomic E-state index is 12.7. The molecule has 0 aliphatic carbocycles. The van der Waals surface area contributed by atoms with Crippen LogP contribution in [0.5, 0.6) is 0 Å². The van der Waals surface area contributed by atoms with Gasteiger partial charge in [-0.05, 0) is 19.1 Å². The van der Waals surface area contributed by atoms with Gasteiger partial charge in [0.05, 0.1) is 6.42 Å². The second kappa shape index (κ2) is 7.46. The minimum atomic E-state index is -0.165. The fourth-order valence-corrected chi connectivity index (χ4v) is 3.57. The van der Waals surface area contributed by atoms with Crippen LogP contribution in [0.15, 0.2) is 54.6 Å². The Kier molecular flexibility index (Phi) is 4.71. The average Bonchev–Trinajstić information content (AvgIpc) is 3.33. The highest BCUT2D eigenvalue weighted by Gasteiger charge is 2.17. The van der Waals surface area contributed by atoms with Crippen LogP contribution in [-0.2, 0) is 6.42 Å². The normalized spacial score (nSPS) is 10.7. The van der Waals surface area contributed by atoms with E-state index in [0.717, 1.165) is 21.8 Å². The van der Waals surface area contributed by atoms with E-state index in [9.17, 15) is 4.79 Å². The molecule has 2 heterocycles. The molecule has 0 radical (unpaired) electrons. The Balaban J connectivity index is 1.66. The van der Waals surface area contributed by atoms with Crippen LogP contribution in [0, 0.1) is 6.92 Å². The molecule has 2 aromatic heterocycles. The molecule has 4 aromatic rings. The SMILES string of the molecule is Cc1ccc(C(=O)Nc2sc(Cc3nn[nH]n3)nc2-c2ccccc2)cc1. The maximum absolute atomic E-state index is 12.7. The van der Waals surface area contributed by atoms with Crippen molar-refractivity contribution in [2.45, 2.75) is 13.3 Å². The fourth-order valence-electron chi connectivity index (χ4n) is 2.59. The molecule has 4 rings (SSSR count). The summed E-state index contributed by atoms with van der Waals surface area (Å²) < 4.78 is 0. The fraction of sp³-hybridized carbons (Fsp3) is 0.105. The Morgan fingerprint density at radius 3 is 2.59 bits per heavy atom. The van der Waals surface area contributed by atoms with Gasteiger partial charge in [0.1, 0.15) is 15.7 Å². The predicted octanol–water partition coefficient (Wildman–Crippen LogP) is 3.47. The molecule has 8 heteroatoms. The van der Waals surface area contributed by atoms with Crippen molar-refractivity contribution >= 4 is 22.2 Å². The zero-order chi connectivity index (χ0) is 18.6. The summed E-state index contributed by atoms with van der Waals surface area (Å²) in [6, 6.07) is 17.2. The van der Waals surface area contributed by atoms with Crippen LogP contribution in [0.4, 0.5) is 5.00 Å². The molecule has 0 bridgehead atoms. The van der Waals surface area contributed by atoms with Gasteiger partial charge in [0.25, 0.3) is 5.91 Å². The number of hydrogen-bond acceptors (Lipinski definition) is 6. The third-order valence-electron chi connectivity index (χ3n) is 3.96. The van der Waals surface area contributed by atoms with Crippen molar-refractivity contribution in [1.29, 1.82) is 0 Å². The first-order valence-electron chi connectivity index (χ1n) is 8.34. The number of thiazole rings is 1. The summed E-state index contributed by atoms with van der Waals surface area (Å²) in [4.78, 5) is 17.4. The summed E-state index contributed by atoms with van der Waals surface area (Å²) >= 11 is 1.41. The first-order valence-corrected chi connectivity index (χ1v) is 9.16. The number of carbonyl (C=O) groups is 1. The smallest absolute Gasteiger partial charge is 0.256 e. The Hall–Kier alpha value is -3.39. The molecule has 0 saturated heterocycles. The summed E-state index contributed by atoms with van der Waals surface area (Å²) in [7, 11) is 0. The van der Waals surface area contributed by atoms with E-state index in [1.165, 1.54) is 11.3 Å². The van der Waals surface area contributed by atoms with Gasteiger partial charge < -0.3 is 5.32 Å². The third kappa shape index (κ3) is 3.90. The molecule has 27 heavy (non-hydrogen) atoms. The quantitative estimate of drug-likeness (QED) is 0.556. The second-order valence-electron chi connectivity index (χ2n) is 5.98. The lowest BCUT2D eigenvalue weighted by Gasteiger charge is -2.06. The molecular formula is C19H16N6OS. The first kappa shape index (κ1) is 17.0. The van der Waals surface area contributed by atoms with Gasteiger partial charge in [-0.3, -0.25) is 4.79 Å². The molecule has 0 fully saturated rings. The minimum Gasteiger partial charge on any atom is -0.312 e. The number of anilines is 1. The summed E-state index contributed by atoms with van der Waals surface area (Å²) in [6.07, 6.45) is 0.446. The van der Waals surface area contributed by atoms with Gasteiger partial charge in [-0.25, -0.2) is 4.98 Å². The lowest BCUT2D eigenvalue weighted by Crippen LogP contribution is -2.11. The number of H-pyrrole nitrogens is 1. The van der Waals surface area contributed by atoms with Crippen LogP contribution in [-0.4, -0.2) is 31.5 Å².